The third kappa shape index (κ3) is 2.67. The first kappa shape index (κ1) is 15.6. The Morgan fingerprint density at radius 2 is 1.86 bits per heavy atom. The summed E-state index contributed by atoms with van der Waals surface area (Å²) in [6.45, 7) is 3.40. The van der Waals surface area contributed by atoms with E-state index in [0.29, 0.717) is 11.3 Å². The minimum absolute atomic E-state index is 0.0923. The van der Waals surface area contributed by atoms with Gasteiger partial charge in [0.1, 0.15) is 0 Å². The van der Waals surface area contributed by atoms with Crippen LogP contribution < -0.4 is 9.77 Å². The average Bonchev–Trinajstić information content (AvgIpc) is 2.78. The summed E-state index contributed by atoms with van der Waals surface area (Å²) in [5.74, 6) is 0.0923. The minimum Gasteiger partial charge on any atom is -0.423 e. The van der Waals surface area contributed by atoms with Crippen LogP contribution in [0.3, 0.4) is 0 Å². The second-order valence-corrected chi connectivity index (χ2v) is 6.52. The van der Waals surface area contributed by atoms with Crippen LogP contribution >= 0.6 is 0 Å². The van der Waals surface area contributed by atoms with E-state index >= 15 is 0 Å². The molecule has 0 spiro atoms. The smallest absolute Gasteiger partial charge is 0.423 e. The van der Waals surface area contributed by atoms with Crippen LogP contribution in [-0.4, -0.2) is 37.8 Å². The van der Waals surface area contributed by atoms with Crippen molar-refractivity contribution >= 4 is 28.5 Å². The third-order valence-electron chi connectivity index (χ3n) is 3.25. The monoisotopic (exact) mass is 310 g/mol. The SMILES string of the molecule is Cc1noc(N(C)S(=O)(=O)c2ccccc2B(O)O)c1C. The molecule has 2 N–H and O–H groups in total. The molecule has 1 heterocycles. The molecule has 0 saturated heterocycles. The molecule has 0 atom stereocenters. The number of sulfonamides is 1. The van der Waals surface area contributed by atoms with Crippen LogP contribution in [0.5, 0.6) is 0 Å². The van der Waals surface area contributed by atoms with Crippen LogP contribution in [0.2, 0.25) is 0 Å². The highest BCUT2D eigenvalue weighted by molar-refractivity contribution is 7.93. The Labute approximate surface area is 123 Å². The molecule has 21 heavy (non-hydrogen) atoms. The summed E-state index contributed by atoms with van der Waals surface area (Å²) < 4.78 is 31.2. The molecule has 7 nitrogen and oxygen atoms in total. The first-order chi connectivity index (χ1) is 9.76. The maximum absolute atomic E-state index is 12.6. The number of aromatic nitrogens is 1. The van der Waals surface area contributed by atoms with Gasteiger partial charge in [-0.25, -0.2) is 12.7 Å². The summed E-state index contributed by atoms with van der Waals surface area (Å²) in [5.41, 5.74) is 1.09. The Balaban J connectivity index is 2.55. The van der Waals surface area contributed by atoms with E-state index in [2.05, 4.69) is 5.16 Å². The minimum atomic E-state index is -4.00. The highest BCUT2D eigenvalue weighted by Gasteiger charge is 2.31. The molecule has 112 valence electrons. The second kappa shape index (κ2) is 5.51. The van der Waals surface area contributed by atoms with Crippen molar-refractivity contribution in [3.63, 3.8) is 0 Å². The van der Waals surface area contributed by atoms with Crippen LogP contribution in [0.4, 0.5) is 5.88 Å². The maximum Gasteiger partial charge on any atom is 0.489 e. The molecule has 0 aliphatic rings. The van der Waals surface area contributed by atoms with E-state index < -0.39 is 17.1 Å². The summed E-state index contributed by atoms with van der Waals surface area (Å²) in [4.78, 5) is -0.198. The molecule has 0 aliphatic heterocycles. The van der Waals surface area contributed by atoms with Gasteiger partial charge in [-0.15, -0.1) is 0 Å². The Bertz CT molecular complexity index is 757. The number of anilines is 1. The molecule has 0 saturated carbocycles. The van der Waals surface area contributed by atoms with Crippen LogP contribution in [0.1, 0.15) is 11.3 Å². The van der Waals surface area contributed by atoms with Crippen molar-refractivity contribution in [3.05, 3.63) is 35.5 Å². The fraction of sp³-hybridized carbons (Fsp3) is 0.250. The van der Waals surface area contributed by atoms with Gasteiger partial charge >= 0.3 is 7.12 Å². The third-order valence-corrected chi connectivity index (χ3v) is 5.07. The van der Waals surface area contributed by atoms with Gasteiger partial charge in [0.15, 0.2) is 0 Å². The van der Waals surface area contributed by atoms with E-state index in [4.69, 9.17) is 4.52 Å². The molecule has 1 aromatic carbocycles. The van der Waals surface area contributed by atoms with Crippen molar-refractivity contribution in [2.24, 2.45) is 0 Å². The van der Waals surface area contributed by atoms with E-state index in [1.165, 1.54) is 31.3 Å². The van der Waals surface area contributed by atoms with Crippen LogP contribution in [-0.2, 0) is 10.0 Å². The van der Waals surface area contributed by atoms with Crippen molar-refractivity contribution in [3.8, 4) is 0 Å². The van der Waals surface area contributed by atoms with Gasteiger partial charge in [-0.2, -0.15) is 0 Å². The van der Waals surface area contributed by atoms with Crippen molar-refractivity contribution < 1.29 is 23.0 Å². The van der Waals surface area contributed by atoms with Gasteiger partial charge < -0.3 is 14.6 Å². The zero-order chi connectivity index (χ0) is 15.8. The predicted octanol–water partition coefficient (Wildman–Crippen LogP) is -0.204. The number of nitrogens with zero attached hydrogens (tertiary/aromatic N) is 2. The van der Waals surface area contributed by atoms with Crippen molar-refractivity contribution in [2.45, 2.75) is 18.7 Å². The number of benzene rings is 1. The molecule has 0 amide bonds. The van der Waals surface area contributed by atoms with E-state index in [1.54, 1.807) is 13.8 Å². The fourth-order valence-electron chi connectivity index (χ4n) is 1.88. The molecule has 2 rings (SSSR count). The maximum atomic E-state index is 12.6. The van der Waals surface area contributed by atoms with Crippen LogP contribution in [0, 0.1) is 13.8 Å². The number of rotatable bonds is 4. The topological polar surface area (TPSA) is 104 Å². The predicted molar refractivity (Wildman–Crippen MR) is 77.8 cm³/mol. The summed E-state index contributed by atoms with van der Waals surface area (Å²) >= 11 is 0. The van der Waals surface area contributed by atoms with Gasteiger partial charge in [-0.3, -0.25) is 0 Å². The first-order valence-electron chi connectivity index (χ1n) is 6.13. The number of hydrogen-bond donors (Lipinski definition) is 2. The normalized spacial score (nSPS) is 11.5. The summed E-state index contributed by atoms with van der Waals surface area (Å²) in [6.07, 6.45) is 0. The Morgan fingerprint density at radius 3 is 2.38 bits per heavy atom. The fourth-order valence-corrected chi connectivity index (χ4v) is 3.29. The summed E-state index contributed by atoms with van der Waals surface area (Å²) in [6, 6.07) is 5.67. The van der Waals surface area contributed by atoms with E-state index in [-0.39, 0.29) is 16.2 Å². The lowest BCUT2D eigenvalue weighted by Crippen LogP contribution is -2.38. The van der Waals surface area contributed by atoms with E-state index in [1.807, 2.05) is 0 Å². The molecule has 0 radical (unpaired) electrons. The largest absolute Gasteiger partial charge is 0.489 e. The van der Waals surface area contributed by atoms with Crippen molar-refractivity contribution in [2.75, 3.05) is 11.4 Å². The van der Waals surface area contributed by atoms with Crippen molar-refractivity contribution in [1.29, 1.82) is 0 Å². The molecular formula is C12H15BN2O5S. The van der Waals surface area contributed by atoms with Gasteiger partial charge in [-0.05, 0) is 19.9 Å². The average molecular weight is 310 g/mol. The molecule has 0 unspecified atom stereocenters. The Kier molecular flexibility index (Phi) is 4.08. The molecule has 9 heteroatoms. The molecular weight excluding hydrogens is 295 g/mol. The van der Waals surface area contributed by atoms with Gasteiger partial charge in [0.05, 0.1) is 10.6 Å². The second-order valence-electron chi connectivity index (χ2n) is 4.58. The van der Waals surface area contributed by atoms with E-state index in [9.17, 15) is 18.5 Å². The molecule has 0 fully saturated rings. The molecule has 1 aromatic heterocycles. The zero-order valence-corrected chi connectivity index (χ0v) is 12.6. The number of hydrogen-bond acceptors (Lipinski definition) is 6. The summed E-state index contributed by atoms with van der Waals surface area (Å²) in [7, 11) is -4.56. The van der Waals surface area contributed by atoms with E-state index in [0.717, 1.165) is 4.31 Å². The quantitative estimate of drug-likeness (QED) is 0.758. The van der Waals surface area contributed by atoms with Crippen LogP contribution in [0.25, 0.3) is 0 Å². The van der Waals surface area contributed by atoms with Gasteiger partial charge in [0, 0.05) is 18.1 Å². The first-order valence-corrected chi connectivity index (χ1v) is 7.57. The van der Waals surface area contributed by atoms with Crippen molar-refractivity contribution in [1.82, 2.24) is 5.16 Å². The molecule has 2 aromatic rings. The van der Waals surface area contributed by atoms with Gasteiger partial charge in [0.25, 0.3) is 10.0 Å². The lowest BCUT2D eigenvalue weighted by molar-refractivity contribution is 0.421. The Morgan fingerprint density at radius 1 is 1.24 bits per heavy atom. The number of aryl methyl sites for hydroxylation is 1. The van der Waals surface area contributed by atoms with Gasteiger partial charge in [0.2, 0.25) is 5.88 Å². The highest BCUT2D eigenvalue weighted by atomic mass is 32.2. The molecule has 0 bridgehead atoms. The van der Waals surface area contributed by atoms with Gasteiger partial charge in [-0.1, -0.05) is 23.4 Å². The van der Waals surface area contributed by atoms with Crippen LogP contribution in [0.15, 0.2) is 33.7 Å². The zero-order valence-electron chi connectivity index (χ0n) is 11.8. The lowest BCUT2D eigenvalue weighted by Gasteiger charge is -2.18. The highest BCUT2D eigenvalue weighted by Crippen LogP contribution is 2.26. The molecule has 0 aliphatic carbocycles. The standard InChI is InChI=1S/C12H15BN2O5S/c1-8-9(2)14-20-12(8)15(3)21(18,19)11-7-5-4-6-10(11)13(16)17/h4-7,16-17H,1-3H3. The summed E-state index contributed by atoms with van der Waals surface area (Å²) in [5, 5.41) is 22.4. The lowest BCUT2D eigenvalue weighted by atomic mass is 9.80. The Hall–Kier alpha value is -1.84.